The summed E-state index contributed by atoms with van der Waals surface area (Å²) >= 11 is 1.29. The van der Waals surface area contributed by atoms with Crippen LogP contribution in [-0.2, 0) is 24.3 Å². The predicted molar refractivity (Wildman–Crippen MR) is 106 cm³/mol. The van der Waals surface area contributed by atoms with Gasteiger partial charge in [0.15, 0.2) is 6.29 Å². The zero-order valence-corrected chi connectivity index (χ0v) is 17.8. The molecule has 3 aliphatic heterocycles. The number of ether oxygens (including phenoxy) is 2. The summed E-state index contributed by atoms with van der Waals surface area (Å²) in [5, 5.41) is 0. The Morgan fingerprint density at radius 2 is 1.82 bits per heavy atom. The smallest absolute Gasteiger partial charge is 0.252 e. The molecule has 3 saturated heterocycles. The topological polar surface area (TPSA) is 76.2 Å². The average molecular weight is 429 g/mol. The molecule has 9 heteroatoms. The molecular formula is C19H28N2O5S2. The van der Waals surface area contributed by atoms with Crippen molar-refractivity contribution in [3.63, 3.8) is 0 Å². The fourth-order valence-corrected chi connectivity index (χ4v) is 7.30. The lowest BCUT2D eigenvalue weighted by atomic mass is 9.93. The second-order valence-electron chi connectivity index (χ2n) is 7.84. The van der Waals surface area contributed by atoms with E-state index in [4.69, 9.17) is 9.47 Å². The number of rotatable bonds is 4. The van der Waals surface area contributed by atoms with Crippen LogP contribution in [0.2, 0.25) is 0 Å². The number of hydrogen-bond acceptors (Lipinski definition) is 6. The first-order chi connectivity index (χ1) is 13.4. The third-order valence-electron chi connectivity index (χ3n) is 5.93. The second kappa shape index (κ2) is 8.39. The lowest BCUT2D eigenvalue weighted by Crippen LogP contribution is -2.49. The number of likely N-dealkylation sites (tertiary alicyclic amines) is 1. The van der Waals surface area contributed by atoms with E-state index < -0.39 is 10.0 Å². The van der Waals surface area contributed by atoms with Gasteiger partial charge in [-0.3, -0.25) is 4.79 Å². The number of amides is 1. The molecule has 7 nitrogen and oxygen atoms in total. The van der Waals surface area contributed by atoms with Crippen molar-refractivity contribution in [1.29, 1.82) is 0 Å². The summed E-state index contributed by atoms with van der Waals surface area (Å²) in [6, 6.07) is 3.49. The third kappa shape index (κ3) is 4.14. The van der Waals surface area contributed by atoms with Gasteiger partial charge in [0.2, 0.25) is 5.91 Å². The zero-order chi connectivity index (χ0) is 19.7. The van der Waals surface area contributed by atoms with Gasteiger partial charge < -0.3 is 14.4 Å². The molecule has 0 aliphatic carbocycles. The Kier molecular flexibility index (Phi) is 6.08. The number of aryl methyl sites for hydroxylation is 1. The fourth-order valence-electron chi connectivity index (χ4n) is 4.34. The number of hydrogen-bond donors (Lipinski definition) is 0. The minimum Gasteiger partial charge on any atom is -0.350 e. The van der Waals surface area contributed by atoms with Gasteiger partial charge in [-0.1, -0.05) is 0 Å². The molecule has 3 aliphatic rings. The minimum atomic E-state index is -3.51. The molecule has 0 spiro atoms. The van der Waals surface area contributed by atoms with Gasteiger partial charge in [-0.05, 0) is 44.7 Å². The average Bonchev–Trinajstić information content (AvgIpc) is 3.40. The van der Waals surface area contributed by atoms with Gasteiger partial charge in [-0.2, -0.15) is 4.31 Å². The van der Waals surface area contributed by atoms with Crippen LogP contribution in [0.1, 0.15) is 30.6 Å². The van der Waals surface area contributed by atoms with Crippen molar-refractivity contribution < 1.29 is 22.7 Å². The summed E-state index contributed by atoms with van der Waals surface area (Å²) < 4.78 is 38.9. The van der Waals surface area contributed by atoms with Gasteiger partial charge in [-0.15, -0.1) is 11.3 Å². The van der Waals surface area contributed by atoms with Crippen molar-refractivity contribution in [2.24, 2.45) is 11.8 Å². The maximum atomic E-state index is 13.0. The van der Waals surface area contributed by atoms with Gasteiger partial charge in [0.1, 0.15) is 4.21 Å². The maximum Gasteiger partial charge on any atom is 0.252 e. The standard InChI is InChI=1S/C19H28N2O5S2/c1-14-4-5-17(27-14)28(23,24)21-8-2-3-16(13-21)18(22)20-9-6-15(7-10-20)19-25-11-12-26-19/h4-5,15-16,19H,2-3,6-13H2,1H3. The first-order valence-electron chi connectivity index (χ1n) is 10.0. The summed E-state index contributed by atoms with van der Waals surface area (Å²) in [4.78, 5) is 15.9. The summed E-state index contributed by atoms with van der Waals surface area (Å²) in [6.45, 7) is 5.37. The van der Waals surface area contributed by atoms with Crippen molar-refractivity contribution in [2.45, 2.75) is 43.1 Å². The second-order valence-corrected chi connectivity index (χ2v) is 11.3. The van der Waals surface area contributed by atoms with Crippen LogP contribution in [0.15, 0.2) is 16.3 Å². The Morgan fingerprint density at radius 1 is 1.11 bits per heavy atom. The summed E-state index contributed by atoms with van der Waals surface area (Å²) in [5.41, 5.74) is 0. The van der Waals surface area contributed by atoms with Crippen LogP contribution < -0.4 is 0 Å². The highest BCUT2D eigenvalue weighted by Crippen LogP contribution is 2.31. The normalized spacial score (nSPS) is 26.0. The van der Waals surface area contributed by atoms with Crippen LogP contribution in [0.5, 0.6) is 0 Å². The summed E-state index contributed by atoms with van der Waals surface area (Å²) in [7, 11) is -3.51. The summed E-state index contributed by atoms with van der Waals surface area (Å²) in [5.74, 6) is 0.186. The molecule has 0 radical (unpaired) electrons. The highest BCUT2D eigenvalue weighted by molar-refractivity contribution is 7.91. The van der Waals surface area contributed by atoms with Gasteiger partial charge in [0.05, 0.1) is 19.1 Å². The molecule has 1 aromatic rings. The Morgan fingerprint density at radius 3 is 2.46 bits per heavy atom. The van der Waals surface area contributed by atoms with E-state index in [1.54, 1.807) is 6.07 Å². The van der Waals surface area contributed by atoms with E-state index in [-0.39, 0.29) is 24.7 Å². The number of nitrogens with zero attached hydrogens (tertiary/aromatic N) is 2. The largest absolute Gasteiger partial charge is 0.350 e. The van der Waals surface area contributed by atoms with Crippen molar-refractivity contribution in [1.82, 2.24) is 9.21 Å². The van der Waals surface area contributed by atoms with E-state index in [2.05, 4.69) is 0 Å². The van der Waals surface area contributed by atoms with Crippen LogP contribution in [-0.4, -0.2) is 69.2 Å². The van der Waals surface area contributed by atoms with E-state index in [1.807, 2.05) is 17.9 Å². The van der Waals surface area contributed by atoms with E-state index in [1.165, 1.54) is 15.6 Å². The highest BCUT2D eigenvalue weighted by atomic mass is 32.2. The Labute approximate surface area is 170 Å². The number of sulfonamides is 1. The first-order valence-corrected chi connectivity index (χ1v) is 12.3. The van der Waals surface area contributed by atoms with Gasteiger partial charge in [0, 0.05) is 37.0 Å². The lowest BCUT2D eigenvalue weighted by molar-refractivity contribution is -0.142. The fraction of sp³-hybridized carbons (Fsp3) is 0.737. The van der Waals surface area contributed by atoms with Crippen LogP contribution >= 0.6 is 11.3 Å². The van der Waals surface area contributed by atoms with Crippen LogP contribution in [0.3, 0.4) is 0 Å². The molecule has 0 aromatic carbocycles. The third-order valence-corrected chi connectivity index (χ3v) is 9.26. The molecule has 28 heavy (non-hydrogen) atoms. The number of thiophene rings is 1. The van der Waals surface area contributed by atoms with Crippen LogP contribution in [0.4, 0.5) is 0 Å². The zero-order valence-electron chi connectivity index (χ0n) is 16.2. The number of carbonyl (C=O) groups is 1. The molecule has 0 saturated carbocycles. The van der Waals surface area contributed by atoms with Crippen molar-refractivity contribution in [3.05, 3.63) is 17.0 Å². The molecule has 1 amide bonds. The van der Waals surface area contributed by atoms with Gasteiger partial charge in [0.25, 0.3) is 10.0 Å². The van der Waals surface area contributed by atoms with Gasteiger partial charge in [-0.25, -0.2) is 8.42 Å². The summed E-state index contributed by atoms with van der Waals surface area (Å²) in [6.07, 6.45) is 3.10. The SMILES string of the molecule is Cc1ccc(S(=O)(=O)N2CCCC(C(=O)N3CCC(C4OCCO4)CC3)C2)s1. The quantitative estimate of drug-likeness (QED) is 0.734. The molecule has 0 N–H and O–H groups in total. The molecule has 4 rings (SSSR count). The van der Waals surface area contributed by atoms with E-state index in [9.17, 15) is 13.2 Å². The lowest BCUT2D eigenvalue weighted by Gasteiger charge is -2.38. The van der Waals surface area contributed by atoms with Gasteiger partial charge >= 0.3 is 0 Å². The van der Waals surface area contributed by atoms with E-state index >= 15 is 0 Å². The number of piperidine rings is 2. The Bertz CT molecular complexity index is 795. The Hall–Kier alpha value is -1.00. The number of carbonyl (C=O) groups excluding carboxylic acids is 1. The monoisotopic (exact) mass is 428 g/mol. The van der Waals surface area contributed by atoms with Crippen LogP contribution in [0.25, 0.3) is 0 Å². The predicted octanol–water partition coefficient (Wildman–Crippen LogP) is 2.07. The van der Waals surface area contributed by atoms with Crippen LogP contribution in [0, 0.1) is 18.8 Å². The molecule has 1 atom stereocenters. The molecule has 156 valence electrons. The van der Waals surface area contributed by atoms with Crippen molar-refractivity contribution >= 4 is 27.3 Å². The highest BCUT2D eigenvalue weighted by Gasteiger charge is 2.38. The molecule has 3 fully saturated rings. The van der Waals surface area contributed by atoms with E-state index in [0.717, 1.165) is 30.6 Å². The van der Waals surface area contributed by atoms with Crippen molar-refractivity contribution in [2.75, 3.05) is 39.4 Å². The molecular weight excluding hydrogens is 400 g/mol. The molecule has 1 unspecified atom stereocenters. The molecule has 4 heterocycles. The minimum absolute atomic E-state index is 0.0916. The molecule has 1 aromatic heterocycles. The van der Waals surface area contributed by atoms with E-state index in [0.29, 0.717) is 43.0 Å². The first kappa shape index (κ1) is 20.3. The Balaban J connectivity index is 1.36. The maximum absolute atomic E-state index is 13.0. The van der Waals surface area contributed by atoms with Crippen molar-refractivity contribution in [3.8, 4) is 0 Å². The molecule has 0 bridgehead atoms.